The molecule has 1 aromatic rings. The van der Waals surface area contributed by atoms with Gasteiger partial charge in [-0.25, -0.2) is 0 Å². The first-order chi connectivity index (χ1) is 15.1. The Labute approximate surface area is 189 Å². The van der Waals surface area contributed by atoms with Gasteiger partial charge in [-0.2, -0.15) is 0 Å². The highest BCUT2D eigenvalue weighted by molar-refractivity contribution is 6.05. The third-order valence-electron chi connectivity index (χ3n) is 9.39. The monoisotopic (exact) mass is 437 g/mol. The fourth-order valence-electron chi connectivity index (χ4n) is 7.83. The van der Waals surface area contributed by atoms with Crippen LogP contribution in [0.4, 0.5) is 5.69 Å². The molecule has 1 saturated carbocycles. The van der Waals surface area contributed by atoms with E-state index in [-0.39, 0.29) is 35.1 Å². The van der Waals surface area contributed by atoms with Gasteiger partial charge in [-0.05, 0) is 63.0 Å². The molecule has 3 N–H and O–H groups in total. The van der Waals surface area contributed by atoms with Crippen molar-refractivity contribution in [1.29, 1.82) is 0 Å². The summed E-state index contributed by atoms with van der Waals surface area (Å²) in [7, 11) is 0. The van der Waals surface area contributed by atoms with Crippen LogP contribution in [-0.2, 0) is 16.0 Å². The fourth-order valence-corrected chi connectivity index (χ4v) is 7.83. The van der Waals surface area contributed by atoms with Gasteiger partial charge >= 0.3 is 0 Å². The number of allylic oxidation sites excluding steroid dienone is 2. The summed E-state index contributed by atoms with van der Waals surface area (Å²) in [6.07, 6.45) is 5.87. The summed E-state index contributed by atoms with van der Waals surface area (Å²) < 4.78 is 0. The molecule has 2 unspecified atom stereocenters. The number of piperidine rings is 2. The second-order valence-corrected chi connectivity index (χ2v) is 11.5. The average Bonchev–Trinajstić information content (AvgIpc) is 3.32. The molecule has 2 amide bonds. The molecule has 5 heterocycles. The molecule has 5 aliphatic heterocycles. The summed E-state index contributed by atoms with van der Waals surface area (Å²) in [6, 6.07) is 3.97. The van der Waals surface area contributed by atoms with E-state index < -0.39 is 11.1 Å². The summed E-state index contributed by atoms with van der Waals surface area (Å²) in [5.74, 6) is 0.702. The minimum atomic E-state index is -0.824. The molecule has 1 aromatic carbocycles. The molecule has 5 atom stereocenters. The molecule has 7 rings (SSSR count). The van der Waals surface area contributed by atoms with Gasteiger partial charge in [-0.1, -0.05) is 31.6 Å². The largest absolute Gasteiger partial charge is 0.508 e. The van der Waals surface area contributed by atoms with Crippen LogP contribution in [0.1, 0.15) is 70.4 Å². The van der Waals surface area contributed by atoms with E-state index in [1.165, 1.54) is 5.57 Å². The number of piperazine rings is 1. The summed E-state index contributed by atoms with van der Waals surface area (Å²) in [5, 5.41) is 17.8. The second kappa shape index (κ2) is 6.09. The van der Waals surface area contributed by atoms with Crippen LogP contribution in [0.3, 0.4) is 0 Å². The van der Waals surface area contributed by atoms with Crippen LogP contribution >= 0.6 is 0 Å². The SMILES string of the molecule is CC(C)=CCc1c(O)ccc2c1NC1C2C[C@]23N[13C](=O)[C@@]4(CCCN4[13C]2=O)C[C@H]3C1(C)C. The predicted octanol–water partition coefficient (Wildman–Crippen LogP) is 3.46. The molecule has 0 radical (unpaired) electrons. The standard InChI is InChI=1S/C26H33N3O3/c1-14(2)6-7-16-18(30)9-8-15-17-12-26-19(24(3,4)21(17)27-20(15)16)13-25(22(31)28-26)10-5-11-29(25)23(26)32/h6,8-9,17,19,21,27,30H,5,7,10-13H2,1-4H3,(H,28,31)/t17?,19-,21?,25+,26+/m0/s1/i22+1,23+1. The number of rotatable bonds is 2. The molecule has 6 aliphatic rings. The fraction of sp³-hybridized carbons (Fsp3) is 0.615. The molecule has 6 nitrogen and oxygen atoms in total. The van der Waals surface area contributed by atoms with Crippen molar-refractivity contribution in [2.75, 3.05) is 11.9 Å². The number of aromatic hydroxyl groups is 1. The second-order valence-electron chi connectivity index (χ2n) is 11.5. The number of nitrogens with one attached hydrogen (secondary N) is 2. The number of nitrogens with zero attached hydrogens (tertiary/aromatic N) is 1. The Morgan fingerprint density at radius 3 is 2.78 bits per heavy atom. The molecule has 170 valence electrons. The Kier molecular flexibility index (Phi) is 3.83. The smallest absolute Gasteiger partial charge is 0.249 e. The van der Waals surface area contributed by atoms with E-state index in [0.29, 0.717) is 25.1 Å². The van der Waals surface area contributed by atoms with E-state index in [1.54, 1.807) is 6.07 Å². The maximum Gasteiger partial charge on any atom is 0.249 e. The number of amides is 2. The molecule has 4 saturated heterocycles. The first-order valence-electron chi connectivity index (χ1n) is 12.0. The zero-order valence-corrected chi connectivity index (χ0v) is 19.4. The third kappa shape index (κ3) is 2.21. The number of carbonyl (C=O) groups is 2. The lowest BCUT2D eigenvalue weighted by molar-refractivity contribution is -0.187. The highest BCUT2D eigenvalue weighted by Gasteiger charge is 2.74. The number of carbonyl (C=O) groups excluding carboxylic acids is 2. The predicted molar refractivity (Wildman–Crippen MR) is 122 cm³/mol. The topological polar surface area (TPSA) is 81.7 Å². The Morgan fingerprint density at radius 2 is 2.03 bits per heavy atom. The van der Waals surface area contributed by atoms with Crippen LogP contribution in [0.25, 0.3) is 0 Å². The number of phenols is 1. The number of hydrogen-bond acceptors (Lipinski definition) is 4. The van der Waals surface area contributed by atoms with Gasteiger partial charge in [-0.3, -0.25) is 9.59 Å². The first kappa shape index (κ1) is 20.1. The lowest BCUT2D eigenvalue weighted by Gasteiger charge is -2.66. The van der Waals surface area contributed by atoms with Crippen molar-refractivity contribution in [3.8, 4) is 5.75 Å². The van der Waals surface area contributed by atoms with Crippen molar-refractivity contribution in [2.45, 2.75) is 82.8 Å². The lowest BCUT2D eigenvalue weighted by Crippen LogP contribution is -2.85. The molecule has 32 heavy (non-hydrogen) atoms. The van der Waals surface area contributed by atoms with Gasteiger partial charge in [0.2, 0.25) is 11.8 Å². The number of phenolic OH excluding ortho intramolecular Hbond substituents is 1. The van der Waals surface area contributed by atoms with E-state index >= 15 is 0 Å². The maximum atomic E-state index is 13.9. The van der Waals surface area contributed by atoms with Crippen molar-refractivity contribution < 1.29 is 14.7 Å². The summed E-state index contributed by atoms with van der Waals surface area (Å²) in [4.78, 5) is 29.1. The van der Waals surface area contributed by atoms with Gasteiger partial charge in [0, 0.05) is 35.7 Å². The Hall–Kier alpha value is -2.50. The summed E-state index contributed by atoms with van der Waals surface area (Å²) >= 11 is 0. The van der Waals surface area contributed by atoms with Crippen molar-refractivity contribution in [3.63, 3.8) is 0 Å². The van der Waals surface area contributed by atoms with Crippen LogP contribution in [0.5, 0.6) is 5.75 Å². The van der Waals surface area contributed by atoms with E-state index in [9.17, 15) is 14.7 Å². The van der Waals surface area contributed by atoms with Crippen LogP contribution in [0.15, 0.2) is 23.8 Å². The minimum Gasteiger partial charge on any atom is -0.508 e. The van der Waals surface area contributed by atoms with Crippen molar-refractivity contribution in [1.82, 2.24) is 10.2 Å². The Bertz CT molecular complexity index is 1090. The highest BCUT2D eigenvalue weighted by Crippen LogP contribution is 2.64. The maximum absolute atomic E-state index is 13.9. The van der Waals surface area contributed by atoms with Crippen LogP contribution in [0, 0.1) is 11.3 Å². The van der Waals surface area contributed by atoms with Crippen molar-refractivity contribution >= 4 is 17.5 Å². The molecule has 2 bridgehead atoms. The highest BCUT2D eigenvalue weighted by atomic mass is 16.3. The van der Waals surface area contributed by atoms with Crippen LogP contribution in [0.2, 0.25) is 0 Å². The first-order valence-corrected chi connectivity index (χ1v) is 12.0. The number of hydrogen-bond donors (Lipinski definition) is 3. The lowest BCUT2D eigenvalue weighted by atomic mass is 9.52. The zero-order valence-electron chi connectivity index (χ0n) is 19.4. The molecular weight excluding hydrogens is 404 g/mol. The average molecular weight is 438 g/mol. The van der Waals surface area contributed by atoms with Gasteiger partial charge in [-0.15, -0.1) is 0 Å². The molecule has 6 heteroatoms. The normalized spacial score (nSPS) is 37.8. The molecule has 2 spiro atoms. The van der Waals surface area contributed by atoms with Crippen LogP contribution < -0.4 is 10.6 Å². The van der Waals surface area contributed by atoms with Crippen LogP contribution in [-0.4, -0.2) is 45.5 Å². The van der Waals surface area contributed by atoms with Gasteiger partial charge < -0.3 is 20.6 Å². The van der Waals surface area contributed by atoms with Gasteiger partial charge in [0.1, 0.15) is 16.8 Å². The number of anilines is 1. The minimum absolute atomic E-state index is 0.0567. The van der Waals surface area contributed by atoms with E-state index in [0.717, 1.165) is 36.1 Å². The summed E-state index contributed by atoms with van der Waals surface area (Å²) in [6.45, 7) is 9.36. The van der Waals surface area contributed by atoms with E-state index in [1.807, 2.05) is 11.0 Å². The quantitative estimate of drug-likeness (QED) is 0.489. The van der Waals surface area contributed by atoms with Gasteiger partial charge in [0.15, 0.2) is 0 Å². The van der Waals surface area contributed by atoms with Gasteiger partial charge in [0.05, 0.1) is 0 Å². The van der Waals surface area contributed by atoms with E-state index in [2.05, 4.69) is 44.4 Å². The zero-order chi connectivity index (χ0) is 22.6. The molecule has 5 fully saturated rings. The number of benzene rings is 1. The molecule has 1 aliphatic carbocycles. The molecule has 0 aromatic heterocycles. The van der Waals surface area contributed by atoms with Gasteiger partial charge in [0.25, 0.3) is 0 Å². The van der Waals surface area contributed by atoms with E-state index in [4.69, 9.17) is 0 Å². The third-order valence-corrected chi connectivity index (χ3v) is 9.39. The molecular formula is C26H33N3O3. The van der Waals surface area contributed by atoms with Crippen molar-refractivity contribution in [3.05, 3.63) is 34.9 Å². The summed E-state index contributed by atoms with van der Waals surface area (Å²) in [5.41, 5.74) is 2.66. The van der Waals surface area contributed by atoms with Crippen molar-refractivity contribution in [2.24, 2.45) is 11.3 Å². The Balaban J connectivity index is 1.48. The number of fused-ring (bicyclic) bond motifs is 4. The Morgan fingerprint density at radius 1 is 1.25 bits per heavy atom.